The van der Waals surface area contributed by atoms with Crippen LogP contribution in [0.25, 0.3) is 0 Å². The van der Waals surface area contributed by atoms with Gasteiger partial charge in [0.1, 0.15) is 5.82 Å². The number of aliphatic hydroxyl groups is 1. The molecule has 0 radical (unpaired) electrons. The lowest BCUT2D eigenvalue weighted by atomic mass is 9.82. The van der Waals surface area contributed by atoms with Crippen molar-refractivity contribution in [3.63, 3.8) is 0 Å². The molecule has 0 spiro atoms. The fourth-order valence-electron chi connectivity index (χ4n) is 2.11. The summed E-state index contributed by atoms with van der Waals surface area (Å²) in [7, 11) is 0. The maximum Gasteiger partial charge on any atom is 0.131 e. The molecule has 4 heteroatoms. The van der Waals surface area contributed by atoms with Crippen LogP contribution in [-0.2, 0) is 6.42 Å². The van der Waals surface area contributed by atoms with Crippen LogP contribution >= 0.6 is 11.6 Å². The maximum absolute atomic E-state index is 10.3. The minimum Gasteiger partial charge on any atom is -0.389 e. The van der Waals surface area contributed by atoms with Crippen molar-refractivity contribution in [2.45, 2.75) is 44.1 Å². The van der Waals surface area contributed by atoms with Crippen molar-refractivity contribution in [1.82, 2.24) is 9.97 Å². The van der Waals surface area contributed by atoms with E-state index in [9.17, 15) is 5.11 Å². The van der Waals surface area contributed by atoms with E-state index < -0.39 is 5.60 Å². The first-order valence-electron chi connectivity index (χ1n) is 5.37. The van der Waals surface area contributed by atoms with Gasteiger partial charge in [-0.15, -0.1) is 0 Å². The van der Waals surface area contributed by atoms with Crippen molar-refractivity contribution >= 4 is 11.6 Å². The van der Waals surface area contributed by atoms with Crippen LogP contribution in [0.3, 0.4) is 0 Å². The lowest BCUT2D eigenvalue weighted by Crippen LogP contribution is -2.34. The lowest BCUT2D eigenvalue weighted by molar-refractivity contribution is 0.00277. The number of hydrogen-bond acceptors (Lipinski definition) is 3. The molecule has 0 atom stereocenters. The van der Waals surface area contributed by atoms with E-state index in [-0.39, 0.29) is 0 Å². The third-order valence-corrected chi connectivity index (χ3v) is 3.14. The second-order valence-electron chi connectivity index (χ2n) is 4.28. The highest BCUT2D eigenvalue weighted by Gasteiger charge is 2.30. The summed E-state index contributed by atoms with van der Waals surface area (Å²) in [6, 6.07) is 0. The zero-order valence-electron chi connectivity index (χ0n) is 8.62. The molecule has 1 aromatic rings. The number of rotatable bonds is 2. The molecule has 3 nitrogen and oxygen atoms in total. The molecule has 82 valence electrons. The highest BCUT2D eigenvalue weighted by molar-refractivity contribution is 6.30. The monoisotopic (exact) mass is 226 g/mol. The van der Waals surface area contributed by atoms with E-state index in [2.05, 4.69) is 9.97 Å². The van der Waals surface area contributed by atoms with Gasteiger partial charge in [0.05, 0.1) is 10.6 Å². The van der Waals surface area contributed by atoms with E-state index in [0.717, 1.165) is 25.7 Å². The normalized spacial score (nSPS) is 20.1. The van der Waals surface area contributed by atoms with Crippen LogP contribution in [0.4, 0.5) is 0 Å². The fourth-order valence-corrected chi connectivity index (χ4v) is 2.21. The molecular formula is C11H15ClN2O. The summed E-state index contributed by atoms with van der Waals surface area (Å²) in [6.45, 7) is 0. The van der Waals surface area contributed by atoms with Gasteiger partial charge >= 0.3 is 0 Å². The van der Waals surface area contributed by atoms with E-state index in [0.29, 0.717) is 17.3 Å². The molecule has 1 N–H and O–H groups in total. The van der Waals surface area contributed by atoms with Gasteiger partial charge in [0.15, 0.2) is 0 Å². The van der Waals surface area contributed by atoms with E-state index >= 15 is 0 Å². The molecule has 1 aliphatic rings. The molecule has 2 rings (SSSR count). The molecule has 1 aromatic heterocycles. The molecule has 0 bridgehead atoms. The van der Waals surface area contributed by atoms with Gasteiger partial charge in [-0.25, -0.2) is 9.97 Å². The molecule has 1 aliphatic carbocycles. The van der Waals surface area contributed by atoms with Crippen LogP contribution in [0.1, 0.15) is 37.9 Å². The average molecular weight is 227 g/mol. The highest BCUT2D eigenvalue weighted by Crippen LogP contribution is 2.30. The average Bonchev–Trinajstić information content (AvgIpc) is 2.22. The zero-order chi connectivity index (χ0) is 10.7. The number of nitrogens with zero attached hydrogens (tertiary/aromatic N) is 2. The van der Waals surface area contributed by atoms with Crippen molar-refractivity contribution in [3.8, 4) is 0 Å². The first-order chi connectivity index (χ1) is 7.18. The molecule has 0 unspecified atom stereocenters. The van der Waals surface area contributed by atoms with Gasteiger partial charge < -0.3 is 5.11 Å². The Morgan fingerprint density at radius 3 is 2.40 bits per heavy atom. The molecule has 0 aliphatic heterocycles. The summed E-state index contributed by atoms with van der Waals surface area (Å²) in [5, 5.41) is 10.8. The SMILES string of the molecule is OC1(Cc2ncc(Cl)cn2)CCCCC1. The van der Waals surface area contributed by atoms with Crippen molar-refractivity contribution < 1.29 is 5.11 Å². The van der Waals surface area contributed by atoms with Gasteiger partial charge in [-0.2, -0.15) is 0 Å². The van der Waals surface area contributed by atoms with E-state index in [1.165, 1.54) is 6.42 Å². The van der Waals surface area contributed by atoms with Crippen molar-refractivity contribution in [2.24, 2.45) is 0 Å². The summed E-state index contributed by atoms with van der Waals surface area (Å²) >= 11 is 5.70. The largest absolute Gasteiger partial charge is 0.389 e. The zero-order valence-corrected chi connectivity index (χ0v) is 9.37. The fraction of sp³-hybridized carbons (Fsp3) is 0.636. The number of aromatic nitrogens is 2. The Labute approximate surface area is 94.5 Å². The predicted octanol–water partition coefficient (Wildman–Crippen LogP) is 2.37. The summed E-state index contributed by atoms with van der Waals surface area (Å²) in [5.41, 5.74) is -0.591. The topological polar surface area (TPSA) is 46.0 Å². The van der Waals surface area contributed by atoms with E-state index in [1.807, 2.05) is 0 Å². The number of halogens is 1. The van der Waals surface area contributed by atoms with Gasteiger partial charge in [-0.3, -0.25) is 0 Å². The Kier molecular flexibility index (Phi) is 3.22. The minimum absolute atomic E-state index is 0.536. The van der Waals surface area contributed by atoms with Crippen molar-refractivity contribution in [1.29, 1.82) is 0 Å². The van der Waals surface area contributed by atoms with Gasteiger partial charge in [0.2, 0.25) is 0 Å². The Morgan fingerprint density at radius 1 is 1.20 bits per heavy atom. The maximum atomic E-state index is 10.3. The van der Waals surface area contributed by atoms with Crippen molar-refractivity contribution in [3.05, 3.63) is 23.2 Å². The standard InChI is InChI=1S/C11H15ClN2O/c12-9-7-13-10(14-8-9)6-11(15)4-2-1-3-5-11/h7-8,15H,1-6H2. The third kappa shape index (κ3) is 2.89. The van der Waals surface area contributed by atoms with Gasteiger partial charge in [-0.1, -0.05) is 30.9 Å². The quantitative estimate of drug-likeness (QED) is 0.842. The van der Waals surface area contributed by atoms with Gasteiger partial charge in [-0.05, 0) is 12.8 Å². The molecule has 1 fully saturated rings. The van der Waals surface area contributed by atoms with Crippen LogP contribution in [0, 0.1) is 0 Å². The lowest BCUT2D eigenvalue weighted by Gasteiger charge is -2.31. The Balaban J connectivity index is 2.03. The molecule has 0 saturated heterocycles. The van der Waals surface area contributed by atoms with Crippen LogP contribution in [0.15, 0.2) is 12.4 Å². The highest BCUT2D eigenvalue weighted by atomic mass is 35.5. The molecule has 1 heterocycles. The summed E-state index contributed by atoms with van der Waals surface area (Å²) < 4.78 is 0. The van der Waals surface area contributed by atoms with Gasteiger partial charge in [0.25, 0.3) is 0 Å². The third-order valence-electron chi connectivity index (χ3n) is 2.95. The second-order valence-corrected chi connectivity index (χ2v) is 4.72. The Morgan fingerprint density at radius 2 is 1.80 bits per heavy atom. The van der Waals surface area contributed by atoms with Crippen LogP contribution in [0.2, 0.25) is 5.02 Å². The molecular weight excluding hydrogens is 212 g/mol. The molecule has 15 heavy (non-hydrogen) atoms. The number of hydrogen-bond donors (Lipinski definition) is 1. The van der Waals surface area contributed by atoms with Crippen molar-refractivity contribution in [2.75, 3.05) is 0 Å². The summed E-state index contributed by atoms with van der Waals surface area (Å²) in [4.78, 5) is 8.23. The van der Waals surface area contributed by atoms with Gasteiger partial charge in [0, 0.05) is 18.8 Å². The van der Waals surface area contributed by atoms with Crippen LogP contribution < -0.4 is 0 Å². The van der Waals surface area contributed by atoms with Crippen LogP contribution in [-0.4, -0.2) is 20.7 Å². The second kappa shape index (κ2) is 4.45. The van der Waals surface area contributed by atoms with E-state index in [4.69, 9.17) is 11.6 Å². The first kappa shape index (κ1) is 10.8. The van der Waals surface area contributed by atoms with E-state index in [1.54, 1.807) is 12.4 Å². The molecule has 0 amide bonds. The molecule has 1 saturated carbocycles. The summed E-state index contributed by atoms with van der Waals surface area (Å²) in [5.74, 6) is 0.684. The summed E-state index contributed by atoms with van der Waals surface area (Å²) in [6.07, 6.45) is 8.85. The van der Waals surface area contributed by atoms with Crippen LogP contribution in [0.5, 0.6) is 0 Å². The predicted molar refractivity (Wildman–Crippen MR) is 58.8 cm³/mol. The first-order valence-corrected chi connectivity index (χ1v) is 5.75. The smallest absolute Gasteiger partial charge is 0.131 e. The minimum atomic E-state index is -0.591. The Bertz CT molecular complexity index is 320. The molecule has 0 aromatic carbocycles. The Hall–Kier alpha value is -0.670.